The molecule has 1 aromatic carbocycles. The largest absolute Gasteiger partial charge is 0.396 e. The molecule has 7 nitrogen and oxygen atoms in total. The maximum absolute atomic E-state index is 10.7. The summed E-state index contributed by atoms with van der Waals surface area (Å²) >= 11 is 0. The van der Waals surface area contributed by atoms with Gasteiger partial charge in [0.25, 0.3) is 5.69 Å². The molecular formula is C11H12N4O3. The van der Waals surface area contributed by atoms with Crippen molar-refractivity contribution in [2.45, 2.75) is 0 Å². The maximum Gasteiger partial charge on any atom is 0.271 e. The number of rotatable bonds is 3. The second kappa shape index (κ2) is 3.95. The average molecular weight is 248 g/mol. The smallest absolute Gasteiger partial charge is 0.271 e. The van der Waals surface area contributed by atoms with Crippen LogP contribution in [0.5, 0.6) is 0 Å². The van der Waals surface area contributed by atoms with E-state index < -0.39 is 4.92 Å². The number of H-pyrrole nitrogens is 1. The van der Waals surface area contributed by atoms with Crippen molar-refractivity contribution in [1.82, 2.24) is 10.2 Å². The third kappa shape index (κ3) is 1.60. The number of aliphatic hydroxyl groups is 1. The third-order valence-corrected chi connectivity index (χ3v) is 3.25. The van der Waals surface area contributed by atoms with Crippen LogP contribution in [0.2, 0.25) is 0 Å². The highest BCUT2D eigenvalue weighted by molar-refractivity contribution is 5.91. The quantitative estimate of drug-likeness (QED) is 0.621. The minimum absolute atomic E-state index is 0.0505. The normalized spacial score (nSPS) is 15.9. The standard InChI is InChI=1S/C11H12N4O3/c16-6-7-4-14(5-7)11-9-2-1-8(15(17)18)3-10(9)12-13-11/h1-3,7,16H,4-6H2,(H,12,13). The number of hydrogen-bond donors (Lipinski definition) is 2. The van der Waals surface area contributed by atoms with E-state index in [1.807, 2.05) is 4.90 Å². The first kappa shape index (κ1) is 11.0. The fourth-order valence-electron chi connectivity index (χ4n) is 2.21. The number of nitro groups is 1. The number of anilines is 1. The summed E-state index contributed by atoms with van der Waals surface area (Å²) in [4.78, 5) is 12.3. The lowest BCUT2D eigenvalue weighted by Gasteiger charge is -2.38. The van der Waals surface area contributed by atoms with E-state index in [4.69, 9.17) is 5.11 Å². The van der Waals surface area contributed by atoms with Gasteiger partial charge in [0, 0.05) is 43.1 Å². The van der Waals surface area contributed by atoms with E-state index in [2.05, 4.69) is 10.2 Å². The van der Waals surface area contributed by atoms with Gasteiger partial charge < -0.3 is 10.0 Å². The van der Waals surface area contributed by atoms with Crippen molar-refractivity contribution in [3.63, 3.8) is 0 Å². The molecule has 18 heavy (non-hydrogen) atoms. The Bertz CT molecular complexity index is 603. The van der Waals surface area contributed by atoms with Gasteiger partial charge in [-0.05, 0) is 6.07 Å². The van der Waals surface area contributed by atoms with E-state index >= 15 is 0 Å². The van der Waals surface area contributed by atoms with E-state index in [1.54, 1.807) is 6.07 Å². The van der Waals surface area contributed by atoms with Crippen LogP contribution in [0.1, 0.15) is 0 Å². The van der Waals surface area contributed by atoms with E-state index in [9.17, 15) is 10.1 Å². The summed E-state index contributed by atoms with van der Waals surface area (Å²) in [6.45, 7) is 1.73. The van der Waals surface area contributed by atoms with Crippen LogP contribution in [0.15, 0.2) is 18.2 Å². The van der Waals surface area contributed by atoms with Gasteiger partial charge in [0.05, 0.1) is 10.4 Å². The highest BCUT2D eigenvalue weighted by Crippen LogP contribution is 2.31. The van der Waals surface area contributed by atoms with Crippen LogP contribution >= 0.6 is 0 Å². The Morgan fingerprint density at radius 1 is 1.56 bits per heavy atom. The predicted molar refractivity (Wildman–Crippen MR) is 65.5 cm³/mol. The molecule has 7 heteroatoms. The zero-order valence-electron chi connectivity index (χ0n) is 9.54. The van der Waals surface area contributed by atoms with Crippen LogP contribution in [0.4, 0.5) is 11.5 Å². The summed E-state index contributed by atoms with van der Waals surface area (Å²) in [5, 5.41) is 27.5. The topological polar surface area (TPSA) is 95.3 Å². The van der Waals surface area contributed by atoms with Gasteiger partial charge >= 0.3 is 0 Å². The Hall–Kier alpha value is -2.15. The maximum atomic E-state index is 10.7. The van der Waals surface area contributed by atoms with Gasteiger partial charge in [-0.2, -0.15) is 5.10 Å². The van der Waals surface area contributed by atoms with Crippen LogP contribution in [-0.2, 0) is 0 Å². The number of aromatic nitrogens is 2. The number of nitrogens with one attached hydrogen (secondary N) is 1. The number of aliphatic hydroxyl groups excluding tert-OH is 1. The molecule has 3 rings (SSSR count). The second-order valence-electron chi connectivity index (χ2n) is 4.49. The van der Waals surface area contributed by atoms with Crippen LogP contribution < -0.4 is 4.90 Å². The van der Waals surface area contributed by atoms with E-state index in [0.29, 0.717) is 11.4 Å². The molecule has 2 N–H and O–H groups in total. The van der Waals surface area contributed by atoms with Crippen LogP contribution in [0.3, 0.4) is 0 Å². The van der Waals surface area contributed by atoms with Crippen molar-refractivity contribution in [3.05, 3.63) is 28.3 Å². The van der Waals surface area contributed by atoms with Gasteiger partial charge in [-0.1, -0.05) is 0 Å². The fraction of sp³-hybridized carbons (Fsp3) is 0.364. The number of non-ortho nitro benzene ring substituents is 1. The molecule has 1 aliphatic rings. The Kier molecular flexibility index (Phi) is 2.41. The predicted octanol–water partition coefficient (Wildman–Crippen LogP) is 0.900. The molecular weight excluding hydrogens is 236 g/mol. The van der Waals surface area contributed by atoms with Crippen LogP contribution in [-0.4, -0.2) is 39.9 Å². The number of fused-ring (bicyclic) bond motifs is 1. The molecule has 2 heterocycles. The number of nitrogens with zero attached hydrogens (tertiary/aromatic N) is 3. The minimum Gasteiger partial charge on any atom is -0.396 e. The molecule has 0 atom stereocenters. The zero-order valence-corrected chi connectivity index (χ0v) is 9.54. The molecule has 0 saturated carbocycles. The first-order valence-corrected chi connectivity index (χ1v) is 5.67. The molecule has 2 aromatic rings. The Morgan fingerprint density at radius 2 is 2.33 bits per heavy atom. The summed E-state index contributed by atoms with van der Waals surface area (Å²) in [6, 6.07) is 4.67. The molecule has 0 unspecified atom stereocenters. The summed E-state index contributed by atoms with van der Waals surface area (Å²) in [6.07, 6.45) is 0. The van der Waals surface area contributed by atoms with Crippen LogP contribution in [0.25, 0.3) is 10.9 Å². The molecule has 1 aliphatic heterocycles. The fourth-order valence-corrected chi connectivity index (χ4v) is 2.21. The summed E-state index contributed by atoms with van der Waals surface area (Å²) in [5.41, 5.74) is 0.709. The SMILES string of the molecule is O=[N+]([O-])c1ccc2c(N3CC(CO)C3)n[nH]c2c1. The highest BCUT2D eigenvalue weighted by Gasteiger charge is 2.29. The molecule has 0 radical (unpaired) electrons. The first-order valence-electron chi connectivity index (χ1n) is 5.67. The lowest BCUT2D eigenvalue weighted by atomic mass is 10.0. The molecule has 1 aromatic heterocycles. The monoisotopic (exact) mass is 248 g/mol. The van der Waals surface area contributed by atoms with E-state index in [-0.39, 0.29) is 12.3 Å². The molecule has 1 fully saturated rings. The van der Waals surface area contributed by atoms with Crippen molar-refractivity contribution in [2.24, 2.45) is 5.92 Å². The average Bonchev–Trinajstić information content (AvgIpc) is 2.71. The molecule has 94 valence electrons. The van der Waals surface area contributed by atoms with Gasteiger partial charge in [-0.25, -0.2) is 0 Å². The molecule has 0 aliphatic carbocycles. The van der Waals surface area contributed by atoms with Gasteiger partial charge in [-0.3, -0.25) is 15.2 Å². The van der Waals surface area contributed by atoms with Crippen molar-refractivity contribution >= 4 is 22.4 Å². The van der Waals surface area contributed by atoms with Gasteiger partial charge in [0.15, 0.2) is 5.82 Å². The summed E-state index contributed by atoms with van der Waals surface area (Å²) < 4.78 is 0. The Morgan fingerprint density at radius 3 is 3.00 bits per heavy atom. The lowest BCUT2D eigenvalue weighted by Crippen LogP contribution is -2.48. The van der Waals surface area contributed by atoms with Crippen molar-refractivity contribution in [1.29, 1.82) is 0 Å². The van der Waals surface area contributed by atoms with Crippen molar-refractivity contribution in [2.75, 3.05) is 24.6 Å². The summed E-state index contributed by atoms with van der Waals surface area (Å²) in [5.74, 6) is 1.10. The lowest BCUT2D eigenvalue weighted by molar-refractivity contribution is -0.384. The second-order valence-corrected chi connectivity index (χ2v) is 4.49. The number of benzene rings is 1. The zero-order chi connectivity index (χ0) is 12.7. The van der Waals surface area contributed by atoms with Crippen LogP contribution in [0, 0.1) is 16.0 Å². The van der Waals surface area contributed by atoms with Gasteiger partial charge in [0.2, 0.25) is 0 Å². The van der Waals surface area contributed by atoms with Gasteiger partial charge in [0.1, 0.15) is 0 Å². The number of aromatic amines is 1. The Labute approximate surface area is 102 Å². The summed E-state index contributed by atoms with van der Waals surface area (Å²) in [7, 11) is 0. The van der Waals surface area contributed by atoms with E-state index in [1.165, 1.54) is 12.1 Å². The van der Waals surface area contributed by atoms with Crippen molar-refractivity contribution < 1.29 is 10.0 Å². The third-order valence-electron chi connectivity index (χ3n) is 3.25. The Balaban J connectivity index is 1.93. The number of hydrogen-bond acceptors (Lipinski definition) is 5. The highest BCUT2D eigenvalue weighted by atomic mass is 16.6. The van der Waals surface area contributed by atoms with E-state index in [0.717, 1.165) is 24.3 Å². The van der Waals surface area contributed by atoms with Gasteiger partial charge in [-0.15, -0.1) is 0 Å². The first-order chi connectivity index (χ1) is 8.69. The molecule has 1 saturated heterocycles. The molecule has 0 amide bonds. The van der Waals surface area contributed by atoms with Crippen molar-refractivity contribution in [3.8, 4) is 0 Å². The molecule has 0 bridgehead atoms. The minimum atomic E-state index is -0.425. The molecule has 0 spiro atoms. The number of nitro benzene ring substituents is 1.